The van der Waals surface area contributed by atoms with Crippen LogP contribution in [-0.2, 0) is 6.54 Å². The average molecular weight is 387 g/mol. The summed E-state index contributed by atoms with van der Waals surface area (Å²) in [5, 5.41) is 3.39. The minimum absolute atomic E-state index is 0.0608. The van der Waals surface area contributed by atoms with Crippen LogP contribution in [0.5, 0.6) is 0 Å². The van der Waals surface area contributed by atoms with Crippen LogP contribution in [-0.4, -0.2) is 10.5 Å². The zero-order valence-corrected chi connectivity index (χ0v) is 15.5. The number of nitrogens with one attached hydrogen (secondary N) is 1. The van der Waals surface area contributed by atoms with Crippen LogP contribution >= 0.6 is 23.2 Å². The largest absolute Gasteiger partial charge is 0.322 e. The quantitative estimate of drug-likeness (QED) is 0.702. The average Bonchev–Trinajstić information content (AvgIpc) is 2.62. The Morgan fingerprint density at radius 1 is 1.04 bits per heavy atom. The summed E-state index contributed by atoms with van der Waals surface area (Å²) < 4.78 is 1.51. The van der Waals surface area contributed by atoms with E-state index in [1.54, 1.807) is 24.4 Å². The van der Waals surface area contributed by atoms with Crippen molar-refractivity contribution in [3.8, 4) is 0 Å². The van der Waals surface area contributed by atoms with Gasteiger partial charge in [-0.15, -0.1) is 0 Å². The molecule has 1 heterocycles. The van der Waals surface area contributed by atoms with E-state index in [1.165, 1.54) is 16.7 Å². The summed E-state index contributed by atoms with van der Waals surface area (Å²) in [7, 11) is 0. The second-order valence-electron chi connectivity index (χ2n) is 5.92. The van der Waals surface area contributed by atoms with Crippen molar-refractivity contribution >= 4 is 34.8 Å². The number of halogens is 2. The van der Waals surface area contributed by atoms with Crippen LogP contribution in [0.1, 0.15) is 21.5 Å². The molecule has 6 heteroatoms. The molecule has 1 amide bonds. The highest BCUT2D eigenvalue weighted by atomic mass is 35.5. The first kappa shape index (κ1) is 18.2. The fourth-order valence-corrected chi connectivity index (χ4v) is 2.79. The van der Waals surface area contributed by atoms with Gasteiger partial charge in [0.05, 0.1) is 16.6 Å². The third kappa shape index (κ3) is 4.15. The van der Waals surface area contributed by atoms with E-state index in [-0.39, 0.29) is 11.1 Å². The number of pyridine rings is 1. The number of carbonyl (C=O) groups excluding carboxylic acids is 1. The third-order valence-corrected chi connectivity index (χ3v) is 4.65. The second-order valence-corrected chi connectivity index (χ2v) is 6.74. The molecule has 0 unspecified atom stereocenters. The van der Waals surface area contributed by atoms with Gasteiger partial charge in [-0.05, 0) is 42.8 Å². The van der Waals surface area contributed by atoms with Gasteiger partial charge in [0.15, 0.2) is 0 Å². The van der Waals surface area contributed by atoms with Crippen LogP contribution in [0.15, 0.2) is 65.6 Å². The topological polar surface area (TPSA) is 51.1 Å². The maximum absolute atomic E-state index is 12.6. The lowest BCUT2D eigenvalue weighted by molar-refractivity contribution is 0.102. The van der Waals surface area contributed by atoms with E-state index in [0.29, 0.717) is 22.3 Å². The zero-order valence-electron chi connectivity index (χ0n) is 14.0. The molecular formula is C20H16Cl2N2O2. The zero-order chi connectivity index (χ0) is 18.7. The summed E-state index contributed by atoms with van der Waals surface area (Å²) in [5.74, 6) is -0.494. The molecule has 0 aliphatic heterocycles. The van der Waals surface area contributed by atoms with Crippen molar-refractivity contribution in [3.05, 3.63) is 97.9 Å². The van der Waals surface area contributed by atoms with E-state index in [0.717, 1.165) is 11.1 Å². The highest BCUT2D eigenvalue weighted by molar-refractivity contribution is 6.42. The van der Waals surface area contributed by atoms with Gasteiger partial charge in [-0.3, -0.25) is 9.59 Å². The lowest BCUT2D eigenvalue weighted by atomic mass is 10.1. The Kier molecular flexibility index (Phi) is 5.45. The molecule has 0 atom stereocenters. The first-order valence-corrected chi connectivity index (χ1v) is 8.71. The van der Waals surface area contributed by atoms with Gasteiger partial charge in [0.1, 0.15) is 5.56 Å². The molecule has 0 saturated carbocycles. The van der Waals surface area contributed by atoms with Gasteiger partial charge in [-0.25, -0.2) is 0 Å². The van der Waals surface area contributed by atoms with Gasteiger partial charge >= 0.3 is 0 Å². The van der Waals surface area contributed by atoms with E-state index in [4.69, 9.17) is 23.2 Å². The molecule has 132 valence electrons. The molecule has 3 aromatic rings. The summed E-state index contributed by atoms with van der Waals surface area (Å²) >= 11 is 11.8. The summed E-state index contributed by atoms with van der Waals surface area (Å²) in [6.45, 7) is 2.40. The Bertz CT molecular complexity index is 1010. The predicted octanol–water partition coefficient (Wildman–Crippen LogP) is 4.76. The maximum Gasteiger partial charge on any atom is 0.263 e. The molecule has 0 bridgehead atoms. The van der Waals surface area contributed by atoms with Crippen LogP contribution in [0.3, 0.4) is 0 Å². The number of hydrogen-bond donors (Lipinski definition) is 1. The number of hydrogen-bond acceptors (Lipinski definition) is 2. The molecule has 2 aromatic carbocycles. The number of anilines is 1. The molecule has 0 aliphatic rings. The fraction of sp³-hybridized carbons (Fsp3) is 0.100. The van der Waals surface area contributed by atoms with Crippen molar-refractivity contribution in [2.45, 2.75) is 13.5 Å². The molecule has 1 N–H and O–H groups in total. The second kappa shape index (κ2) is 7.77. The Labute approximate surface area is 161 Å². The Morgan fingerprint density at radius 2 is 1.77 bits per heavy atom. The summed E-state index contributed by atoms with van der Waals surface area (Å²) in [6, 6.07) is 15.8. The lowest BCUT2D eigenvalue weighted by Gasteiger charge is -2.10. The molecule has 4 nitrogen and oxygen atoms in total. The molecule has 0 spiro atoms. The van der Waals surface area contributed by atoms with E-state index in [1.807, 2.05) is 31.2 Å². The number of carbonyl (C=O) groups is 1. The smallest absolute Gasteiger partial charge is 0.263 e. The van der Waals surface area contributed by atoms with E-state index in [2.05, 4.69) is 5.32 Å². The minimum Gasteiger partial charge on any atom is -0.322 e. The van der Waals surface area contributed by atoms with Crippen LogP contribution < -0.4 is 10.9 Å². The van der Waals surface area contributed by atoms with Gasteiger partial charge in [0.2, 0.25) is 0 Å². The molecule has 0 radical (unpaired) electrons. The molecule has 0 fully saturated rings. The molecule has 0 saturated heterocycles. The highest BCUT2D eigenvalue weighted by Gasteiger charge is 2.13. The predicted molar refractivity (Wildman–Crippen MR) is 105 cm³/mol. The first-order valence-electron chi connectivity index (χ1n) is 7.95. The standard InChI is InChI=1S/C20H16Cl2N2O2/c1-13-4-6-14(7-5-13)12-24-10-2-3-16(20(24)26)19(25)23-15-8-9-17(21)18(22)11-15/h2-11H,12H2,1H3,(H,23,25). The van der Waals surface area contributed by atoms with Gasteiger partial charge in [-0.2, -0.15) is 0 Å². The summed E-state index contributed by atoms with van der Waals surface area (Å²) in [6.07, 6.45) is 1.66. The van der Waals surface area contributed by atoms with Crippen LogP contribution in [0.2, 0.25) is 10.0 Å². The number of nitrogens with zero attached hydrogens (tertiary/aromatic N) is 1. The number of aromatic nitrogens is 1. The Morgan fingerprint density at radius 3 is 2.46 bits per heavy atom. The van der Waals surface area contributed by atoms with Crippen molar-refractivity contribution in [3.63, 3.8) is 0 Å². The van der Waals surface area contributed by atoms with Crippen LogP contribution in [0, 0.1) is 6.92 Å². The molecule has 3 rings (SSSR count). The number of rotatable bonds is 4. The Hall–Kier alpha value is -2.56. The summed E-state index contributed by atoms with van der Waals surface area (Å²) in [4.78, 5) is 25.1. The van der Waals surface area contributed by atoms with Crippen molar-refractivity contribution in [2.75, 3.05) is 5.32 Å². The van der Waals surface area contributed by atoms with Gasteiger partial charge in [0, 0.05) is 11.9 Å². The van der Waals surface area contributed by atoms with Crippen LogP contribution in [0.4, 0.5) is 5.69 Å². The number of benzene rings is 2. The SMILES string of the molecule is Cc1ccc(Cn2cccc(C(=O)Nc3ccc(Cl)c(Cl)c3)c2=O)cc1. The van der Waals surface area contributed by atoms with Crippen LogP contribution in [0.25, 0.3) is 0 Å². The molecular weight excluding hydrogens is 371 g/mol. The highest BCUT2D eigenvalue weighted by Crippen LogP contribution is 2.25. The normalized spacial score (nSPS) is 10.6. The first-order chi connectivity index (χ1) is 12.4. The van der Waals surface area contributed by atoms with Crippen molar-refractivity contribution < 1.29 is 4.79 Å². The lowest BCUT2D eigenvalue weighted by Crippen LogP contribution is -2.29. The molecule has 1 aromatic heterocycles. The van der Waals surface area contributed by atoms with Gasteiger partial charge in [0.25, 0.3) is 11.5 Å². The minimum atomic E-state index is -0.494. The molecule has 26 heavy (non-hydrogen) atoms. The fourth-order valence-electron chi connectivity index (χ4n) is 2.50. The van der Waals surface area contributed by atoms with Gasteiger partial charge in [-0.1, -0.05) is 53.0 Å². The number of aryl methyl sites for hydroxylation is 1. The molecule has 0 aliphatic carbocycles. The monoisotopic (exact) mass is 386 g/mol. The van der Waals surface area contributed by atoms with Crippen molar-refractivity contribution in [1.82, 2.24) is 4.57 Å². The van der Waals surface area contributed by atoms with Gasteiger partial charge < -0.3 is 9.88 Å². The van der Waals surface area contributed by atoms with E-state index < -0.39 is 5.91 Å². The van der Waals surface area contributed by atoms with E-state index in [9.17, 15) is 9.59 Å². The van der Waals surface area contributed by atoms with Crippen molar-refractivity contribution in [1.29, 1.82) is 0 Å². The number of amides is 1. The van der Waals surface area contributed by atoms with Crippen molar-refractivity contribution in [2.24, 2.45) is 0 Å². The maximum atomic E-state index is 12.6. The Balaban J connectivity index is 1.83. The third-order valence-electron chi connectivity index (χ3n) is 3.92. The summed E-state index contributed by atoms with van der Waals surface area (Å²) in [5.41, 5.74) is 2.31. The van der Waals surface area contributed by atoms with E-state index >= 15 is 0 Å².